The lowest BCUT2D eigenvalue weighted by molar-refractivity contribution is -0.121. The molecule has 2 aromatic rings. The van der Waals surface area contributed by atoms with E-state index in [4.69, 9.17) is 10.2 Å². The van der Waals surface area contributed by atoms with Crippen LogP contribution in [0.1, 0.15) is 43.4 Å². The van der Waals surface area contributed by atoms with E-state index in [-0.39, 0.29) is 11.9 Å². The molecule has 124 valence electrons. The summed E-state index contributed by atoms with van der Waals surface area (Å²) in [4.78, 5) is 12.3. The summed E-state index contributed by atoms with van der Waals surface area (Å²) in [7, 11) is 0. The number of benzene rings is 1. The van der Waals surface area contributed by atoms with Gasteiger partial charge in [-0.1, -0.05) is 13.8 Å². The van der Waals surface area contributed by atoms with Crippen molar-refractivity contribution in [1.82, 2.24) is 5.32 Å². The second-order valence-corrected chi connectivity index (χ2v) is 7.04. The van der Waals surface area contributed by atoms with E-state index in [1.54, 1.807) is 6.26 Å². The van der Waals surface area contributed by atoms with Crippen LogP contribution >= 0.6 is 0 Å². The van der Waals surface area contributed by atoms with Gasteiger partial charge in [0.15, 0.2) is 0 Å². The maximum Gasteiger partial charge on any atom is 0.224 e. The fraction of sp³-hybridized carbons (Fsp3) is 0.526. The summed E-state index contributed by atoms with van der Waals surface area (Å²) in [6.45, 7) is 4.75. The first-order valence-electron chi connectivity index (χ1n) is 8.58. The maximum atomic E-state index is 12.3. The monoisotopic (exact) mass is 314 g/mol. The van der Waals surface area contributed by atoms with Crippen LogP contribution in [0, 0.1) is 5.92 Å². The van der Waals surface area contributed by atoms with Crippen molar-refractivity contribution in [1.29, 1.82) is 0 Å². The minimum atomic E-state index is 0.0179. The number of nitrogens with two attached hydrogens (primary N) is 1. The summed E-state index contributed by atoms with van der Waals surface area (Å²) in [5.74, 6) is 0.533. The van der Waals surface area contributed by atoms with Crippen molar-refractivity contribution < 1.29 is 9.21 Å². The lowest BCUT2D eigenvalue weighted by Crippen LogP contribution is -2.41. The third-order valence-electron chi connectivity index (χ3n) is 4.62. The van der Waals surface area contributed by atoms with Gasteiger partial charge in [-0.25, -0.2) is 0 Å². The molecule has 1 heterocycles. The topological polar surface area (TPSA) is 68.3 Å². The molecule has 0 fully saturated rings. The highest BCUT2D eigenvalue weighted by Crippen LogP contribution is 2.30. The highest BCUT2D eigenvalue weighted by Gasteiger charge is 2.18. The normalized spacial score (nSPS) is 15.1. The molecule has 1 atom stereocenters. The van der Waals surface area contributed by atoms with Crippen LogP contribution in [0.15, 0.2) is 22.8 Å². The first kappa shape index (κ1) is 16.1. The Morgan fingerprint density at radius 2 is 2.04 bits per heavy atom. The van der Waals surface area contributed by atoms with Gasteiger partial charge in [0, 0.05) is 23.5 Å². The van der Waals surface area contributed by atoms with E-state index in [2.05, 4.69) is 31.3 Å². The molecule has 0 bridgehead atoms. The molecule has 0 radical (unpaired) electrons. The minimum absolute atomic E-state index is 0.0179. The fourth-order valence-electron chi connectivity index (χ4n) is 3.52. The molecule has 1 unspecified atom stereocenters. The van der Waals surface area contributed by atoms with E-state index in [0.717, 1.165) is 35.8 Å². The van der Waals surface area contributed by atoms with Gasteiger partial charge in [-0.15, -0.1) is 0 Å². The molecule has 4 nitrogen and oxygen atoms in total. The summed E-state index contributed by atoms with van der Waals surface area (Å²) in [6.07, 6.45) is 6.45. The van der Waals surface area contributed by atoms with E-state index >= 15 is 0 Å². The number of furan rings is 1. The van der Waals surface area contributed by atoms with Crippen molar-refractivity contribution in [3.8, 4) is 0 Å². The number of rotatable bonds is 6. The van der Waals surface area contributed by atoms with Gasteiger partial charge in [-0.2, -0.15) is 0 Å². The third-order valence-corrected chi connectivity index (χ3v) is 4.62. The first-order chi connectivity index (χ1) is 11.1. The lowest BCUT2D eigenvalue weighted by atomic mass is 10.0. The van der Waals surface area contributed by atoms with Crippen molar-refractivity contribution in [3.63, 3.8) is 0 Å². The molecule has 1 aliphatic carbocycles. The average molecular weight is 314 g/mol. The van der Waals surface area contributed by atoms with Crippen LogP contribution in [-0.4, -0.2) is 18.5 Å². The molecule has 0 aliphatic heterocycles. The van der Waals surface area contributed by atoms with Gasteiger partial charge in [0.25, 0.3) is 0 Å². The van der Waals surface area contributed by atoms with Gasteiger partial charge >= 0.3 is 0 Å². The Morgan fingerprint density at radius 1 is 1.30 bits per heavy atom. The fourth-order valence-corrected chi connectivity index (χ4v) is 3.52. The second kappa shape index (κ2) is 6.75. The van der Waals surface area contributed by atoms with Crippen LogP contribution in [0.4, 0.5) is 0 Å². The van der Waals surface area contributed by atoms with Gasteiger partial charge in [0.05, 0.1) is 12.7 Å². The van der Waals surface area contributed by atoms with Crippen LogP contribution in [0.2, 0.25) is 0 Å². The van der Waals surface area contributed by atoms with Crippen molar-refractivity contribution in [2.75, 3.05) is 6.54 Å². The van der Waals surface area contributed by atoms with Crippen LogP contribution in [-0.2, 0) is 24.1 Å². The Hall–Kier alpha value is -1.81. The maximum absolute atomic E-state index is 12.3. The van der Waals surface area contributed by atoms with Gasteiger partial charge in [0.1, 0.15) is 5.58 Å². The van der Waals surface area contributed by atoms with Gasteiger partial charge < -0.3 is 15.5 Å². The number of nitrogens with one attached hydrogen (secondary N) is 1. The summed E-state index contributed by atoms with van der Waals surface area (Å²) in [6, 6.07) is 4.39. The molecule has 3 rings (SSSR count). The van der Waals surface area contributed by atoms with E-state index < -0.39 is 0 Å². The van der Waals surface area contributed by atoms with E-state index in [0.29, 0.717) is 18.9 Å². The molecular formula is C19H26N2O2. The number of aryl methyl sites for hydroxylation is 2. The smallest absolute Gasteiger partial charge is 0.224 e. The molecule has 1 aliphatic rings. The Bertz CT molecular complexity index is 703. The van der Waals surface area contributed by atoms with Gasteiger partial charge in [-0.05, 0) is 54.9 Å². The second-order valence-electron chi connectivity index (χ2n) is 7.04. The number of carbonyl (C=O) groups excluding carboxylic acids is 1. The number of hydrogen-bond acceptors (Lipinski definition) is 3. The molecule has 4 heteroatoms. The lowest BCUT2D eigenvalue weighted by Gasteiger charge is -2.18. The third kappa shape index (κ3) is 3.58. The van der Waals surface area contributed by atoms with E-state index in [9.17, 15) is 4.79 Å². The Morgan fingerprint density at radius 3 is 2.74 bits per heavy atom. The summed E-state index contributed by atoms with van der Waals surface area (Å²) >= 11 is 0. The summed E-state index contributed by atoms with van der Waals surface area (Å²) < 4.78 is 5.67. The Kier molecular flexibility index (Phi) is 4.71. The largest absolute Gasteiger partial charge is 0.464 e. The standard InChI is InChI=1S/C19H26N2O2/c1-12(2)6-16(10-20)21-19(22)9-15-11-23-18-8-14-5-3-4-13(14)7-17(15)18/h7-8,11-12,16H,3-6,9-10,20H2,1-2H3,(H,21,22). The molecule has 0 saturated heterocycles. The SMILES string of the molecule is CC(C)CC(CN)NC(=O)Cc1coc2cc3c(cc12)CCC3. The Labute approximate surface area is 137 Å². The van der Waals surface area contributed by atoms with Crippen LogP contribution in [0.3, 0.4) is 0 Å². The summed E-state index contributed by atoms with van der Waals surface area (Å²) in [5, 5.41) is 4.13. The van der Waals surface area contributed by atoms with Gasteiger partial charge in [0.2, 0.25) is 5.91 Å². The van der Waals surface area contributed by atoms with Crippen molar-refractivity contribution in [3.05, 3.63) is 35.1 Å². The molecule has 1 aromatic carbocycles. The predicted molar refractivity (Wildman–Crippen MR) is 92.4 cm³/mol. The van der Waals surface area contributed by atoms with Crippen LogP contribution in [0.25, 0.3) is 11.0 Å². The number of fused-ring (bicyclic) bond motifs is 2. The van der Waals surface area contributed by atoms with Crippen molar-refractivity contribution >= 4 is 16.9 Å². The Balaban J connectivity index is 1.72. The molecular weight excluding hydrogens is 288 g/mol. The van der Waals surface area contributed by atoms with Crippen LogP contribution in [0.5, 0.6) is 0 Å². The molecule has 0 saturated carbocycles. The summed E-state index contributed by atoms with van der Waals surface area (Å²) in [5.41, 5.74) is 10.4. The first-order valence-corrected chi connectivity index (χ1v) is 8.58. The van der Waals surface area contributed by atoms with Crippen molar-refractivity contribution in [2.45, 2.75) is 52.0 Å². The molecule has 1 amide bonds. The minimum Gasteiger partial charge on any atom is -0.464 e. The zero-order chi connectivity index (χ0) is 16.4. The quantitative estimate of drug-likeness (QED) is 0.861. The molecule has 23 heavy (non-hydrogen) atoms. The highest BCUT2D eigenvalue weighted by atomic mass is 16.3. The average Bonchev–Trinajstić information content (AvgIpc) is 3.10. The zero-order valence-electron chi connectivity index (χ0n) is 14.0. The molecule has 1 aromatic heterocycles. The molecule has 0 spiro atoms. The number of hydrogen-bond donors (Lipinski definition) is 2. The van der Waals surface area contributed by atoms with Crippen LogP contribution < -0.4 is 11.1 Å². The van der Waals surface area contributed by atoms with Crippen molar-refractivity contribution in [2.24, 2.45) is 11.7 Å². The van der Waals surface area contributed by atoms with E-state index in [1.165, 1.54) is 17.5 Å². The number of amides is 1. The molecule has 3 N–H and O–H groups in total. The number of carbonyl (C=O) groups is 1. The van der Waals surface area contributed by atoms with Gasteiger partial charge in [-0.3, -0.25) is 4.79 Å². The highest BCUT2D eigenvalue weighted by molar-refractivity contribution is 5.88. The predicted octanol–water partition coefficient (Wildman–Crippen LogP) is 2.95. The van der Waals surface area contributed by atoms with E-state index in [1.807, 2.05) is 0 Å². The zero-order valence-corrected chi connectivity index (χ0v) is 14.0.